The van der Waals surface area contributed by atoms with E-state index >= 15 is 0 Å². The number of nitrogens with zero attached hydrogens (tertiary/aromatic N) is 1. The highest BCUT2D eigenvalue weighted by Gasteiger charge is 2.34. The second-order valence-corrected chi connectivity index (χ2v) is 8.39. The molecule has 0 radical (unpaired) electrons. The van der Waals surface area contributed by atoms with Crippen LogP contribution in [0.25, 0.3) is 0 Å². The predicted octanol–water partition coefficient (Wildman–Crippen LogP) is 2.00. The Bertz CT molecular complexity index is 697. The van der Waals surface area contributed by atoms with Gasteiger partial charge >= 0.3 is 0 Å². The number of hydrogen-bond donors (Lipinski definition) is 2. The molecule has 1 fully saturated rings. The van der Waals surface area contributed by atoms with Crippen LogP contribution >= 0.6 is 23.2 Å². The van der Waals surface area contributed by atoms with E-state index in [0.29, 0.717) is 18.0 Å². The van der Waals surface area contributed by atoms with E-state index in [9.17, 15) is 13.2 Å². The lowest BCUT2D eigenvalue weighted by Gasteiger charge is -2.35. The first-order valence-corrected chi connectivity index (χ1v) is 9.99. The molecule has 0 saturated carbocycles. The van der Waals surface area contributed by atoms with Crippen molar-refractivity contribution < 1.29 is 13.2 Å². The molecule has 1 aliphatic heterocycles. The number of rotatable bonds is 6. The van der Waals surface area contributed by atoms with E-state index in [0.717, 1.165) is 12.8 Å². The van der Waals surface area contributed by atoms with Crippen LogP contribution in [0.2, 0.25) is 10.0 Å². The number of hydrogen-bond acceptors (Lipinski definition) is 4. The molecule has 0 bridgehead atoms. The van der Waals surface area contributed by atoms with Crippen molar-refractivity contribution in [1.29, 1.82) is 0 Å². The Morgan fingerprint density at radius 3 is 2.75 bits per heavy atom. The van der Waals surface area contributed by atoms with Gasteiger partial charge in [-0.2, -0.15) is 4.31 Å². The van der Waals surface area contributed by atoms with E-state index in [4.69, 9.17) is 28.9 Å². The van der Waals surface area contributed by atoms with Crippen molar-refractivity contribution in [2.45, 2.75) is 36.6 Å². The summed E-state index contributed by atoms with van der Waals surface area (Å²) in [4.78, 5) is 11.6. The largest absolute Gasteiger partial charge is 0.354 e. The highest BCUT2D eigenvalue weighted by molar-refractivity contribution is 7.89. The van der Waals surface area contributed by atoms with Crippen LogP contribution in [0.1, 0.15) is 25.7 Å². The van der Waals surface area contributed by atoms with Crippen LogP contribution in [0.3, 0.4) is 0 Å². The molecule has 0 aliphatic carbocycles. The fraction of sp³-hybridized carbons (Fsp3) is 0.533. The van der Waals surface area contributed by atoms with Gasteiger partial charge in [-0.15, -0.1) is 0 Å². The van der Waals surface area contributed by atoms with Gasteiger partial charge < -0.3 is 11.1 Å². The van der Waals surface area contributed by atoms with E-state index < -0.39 is 10.0 Å². The molecule has 1 aromatic carbocycles. The van der Waals surface area contributed by atoms with E-state index in [1.807, 2.05) is 0 Å². The second-order valence-electron chi connectivity index (χ2n) is 5.68. The number of amides is 1. The highest BCUT2D eigenvalue weighted by Crippen LogP contribution is 2.31. The fourth-order valence-corrected chi connectivity index (χ4v) is 5.20. The number of sulfonamides is 1. The summed E-state index contributed by atoms with van der Waals surface area (Å²) >= 11 is 11.9. The van der Waals surface area contributed by atoms with Crippen molar-refractivity contribution >= 4 is 39.1 Å². The fourth-order valence-electron chi connectivity index (χ4n) is 2.76. The van der Waals surface area contributed by atoms with Crippen LogP contribution in [0, 0.1) is 0 Å². The summed E-state index contributed by atoms with van der Waals surface area (Å²) in [6, 6.07) is 4.04. The number of carbonyl (C=O) groups excluding carboxylic acids is 1. The number of nitrogens with one attached hydrogen (secondary N) is 1. The Labute approximate surface area is 152 Å². The zero-order valence-corrected chi connectivity index (χ0v) is 15.5. The Morgan fingerprint density at radius 2 is 2.08 bits per heavy atom. The van der Waals surface area contributed by atoms with Crippen LogP contribution in [0.5, 0.6) is 0 Å². The monoisotopic (exact) mass is 393 g/mol. The summed E-state index contributed by atoms with van der Waals surface area (Å²) in [5.74, 6) is -0.176. The molecule has 6 nitrogen and oxygen atoms in total. The number of benzene rings is 1. The third-order valence-electron chi connectivity index (χ3n) is 3.96. The van der Waals surface area contributed by atoms with Gasteiger partial charge in [0.05, 0.1) is 5.02 Å². The van der Waals surface area contributed by atoms with Crippen molar-refractivity contribution in [3.8, 4) is 0 Å². The molecule has 1 atom stereocenters. The van der Waals surface area contributed by atoms with Crippen LogP contribution in [0.4, 0.5) is 0 Å². The number of piperidine rings is 1. The number of halogens is 2. The second kappa shape index (κ2) is 8.49. The van der Waals surface area contributed by atoms with Gasteiger partial charge in [-0.3, -0.25) is 4.79 Å². The van der Waals surface area contributed by atoms with Crippen LogP contribution < -0.4 is 11.1 Å². The Morgan fingerprint density at radius 1 is 1.33 bits per heavy atom. The molecular weight excluding hydrogens is 373 g/mol. The van der Waals surface area contributed by atoms with Gasteiger partial charge in [0.25, 0.3) is 0 Å². The van der Waals surface area contributed by atoms with Crippen LogP contribution in [-0.4, -0.2) is 44.3 Å². The van der Waals surface area contributed by atoms with Gasteiger partial charge in [0.2, 0.25) is 15.9 Å². The van der Waals surface area contributed by atoms with Gasteiger partial charge in [0.15, 0.2) is 0 Å². The Hall–Kier alpha value is -0.860. The molecule has 1 heterocycles. The molecular formula is C15H21Cl2N3O3S. The maximum absolute atomic E-state index is 13.0. The zero-order chi connectivity index (χ0) is 17.7. The van der Waals surface area contributed by atoms with Crippen molar-refractivity contribution in [3.63, 3.8) is 0 Å². The van der Waals surface area contributed by atoms with Crippen molar-refractivity contribution in [1.82, 2.24) is 9.62 Å². The van der Waals surface area contributed by atoms with Gasteiger partial charge in [0, 0.05) is 37.1 Å². The van der Waals surface area contributed by atoms with E-state index in [1.54, 1.807) is 0 Å². The minimum Gasteiger partial charge on any atom is -0.354 e. The van der Waals surface area contributed by atoms with Crippen LogP contribution in [0.15, 0.2) is 23.1 Å². The lowest BCUT2D eigenvalue weighted by molar-refractivity contribution is -0.121. The molecule has 0 spiro atoms. The van der Waals surface area contributed by atoms with Crippen molar-refractivity contribution in [2.24, 2.45) is 5.73 Å². The summed E-state index contributed by atoms with van der Waals surface area (Å²) in [5, 5.41) is 3.23. The Kier molecular flexibility index (Phi) is 6.88. The SMILES string of the molecule is NCCC(=O)NCC1CCCCN1S(=O)(=O)c1ccc(Cl)cc1Cl. The predicted molar refractivity (Wildman–Crippen MR) is 94.7 cm³/mol. The summed E-state index contributed by atoms with van der Waals surface area (Å²) < 4.78 is 27.4. The maximum Gasteiger partial charge on any atom is 0.244 e. The Balaban J connectivity index is 2.20. The first-order valence-electron chi connectivity index (χ1n) is 7.80. The van der Waals surface area contributed by atoms with Gasteiger partial charge in [-0.25, -0.2) is 8.42 Å². The minimum atomic E-state index is -3.75. The molecule has 1 aliphatic rings. The van der Waals surface area contributed by atoms with Crippen molar-refractivity contribution in [2.75, 3.05) is 19.6 Å². The van der Waals surface area contributed by atoms with Crippen molar-refractivity contribution in [3.05, 3.63) is 28.2 Å². The lowest BCUT2D eigenvalue weighted by atomic mass is 10.1. The molecule has 1 amide bonds. The molecule has 2 rings (SSSR count). The van der Waals surface area contributed by atoms with Gasteiger partial charge in [0.1, 0.15) is 4.90 Å². The molecule has 1 saturated heterocycles. The number of carbonyl (C=O) groups is 1. The third-order valence-corrected chi connectivity index (χ3v) is 6.63. The summed E-state index contributed by atoms with van der Waals surface area (Å²) in [7, 11) is -3.75. The average molecular weight is 394 g/mol. The van der Waals surface area contributed by atoms with E-state index in [2.05, 4.69) is 5.32 Å². The lowest BCUT2D eigenvalue weighted by Crippen LogP contribution is -2.49. The summed E-state index contributed by atoms with van der Waals surface area (Å²) in [6.45, 7) is 0.931. The molecule has 0 aromatic heterocycles. The molecule has 1 unspecified atom stereocenters. The normalized spacial score (nSPS) is 19.2. The molecule has 3 N–H and O–H groups in total. The minimum absolute atomic E-state index is 0.0359. The summed E-state index contributed by atoms with van der Waals surface area (Å²) in [6.07, 6.45) is 2.60. The number of nitrogens with two attached hydrogens (primary N) is 1. The maximum atomic E-state index is 13.0. The quantitative estimate of drug-likeness (QED) is 0.772. The third kappa shape index (κ3) is 4.61. The average Bonchev–Trinajstić information content (AvgIpc) is 2.53. The molecule has 134 valence electrons. The first-order chi connectivity index (χ1) is 11.4. The summed E-state index contributed by atoms with van der Waals surface area (Å²) in [5.41, 5.74) is 5.35. The first kappa shape index (κ1) is 19.5. The van der Waals surface area contributed by atoms with E-state index in [1.165, 1.54) is 22.5 Å². The molecule has 1 aromatic rings. The van der Waals surface area contributed by atoms with E-state index in [-0.39, 0.29) is 41.4 Å². The standard InChI is InChI=1S/C15H21Cl2N3O3S/c16-11-4-5-14(13(17)9-11)24(22,23)20-8-2-1-3-12(20)10-19-15(21)6-7-18/h4-5,9,12H,1-3,6-8,10,18H2,(H,19,21). The van der Waals surface area contributed by atoms with Gasteiger partial charge in [-0.1, -0.05) is 29.6 Å². The molecule has 24 heavy (non-hydrogen) atoms. The van der Waals surface area contributed by atoms with Crippen LogP contribution in [-0.2, 0) is 14.8 Å². The topological polar surface area (TPSA) is 92.5 Å². The molecule has 9 heteroatoms. The van der Waals surface area contributed by atoms with Gasteiger partial charge in [-0.05, 0) is 31.0 Å². The zero-order valence-electron chi connectivity index (χ0n) is 13.2. The smallest absolute Gasteiger partial charge is 0.244 e. The highest BCUT2D eigenvalue weighted by atomic mass is 35.5.